The summed E-state index contributed by atoms with van der Waals surface area (Å²) in [5.41, 5.74) is 8.40. The molecule has 3 heterocycles. The Kier molecular flexibility index (Phi) is 4.62. The van der Waals surface area contributed by atoms with E-state index in [0.29, 0.717) is 29.2 Å². The summed E-state index contributed by atoms with van der Waals surface area (Å²) in [4.78, 5) is 12.8. The SMILES string of the molecule is Nc1cccc(CNc2ncnc3c2ncn3[C@@H]2O[C@H](CO)[C@H](O)C2O)c1. The van der Waals surface area contributed by atoms with E-state index in [9.17, 15) is 15.3 Å². The van der Waals surface area contributed by atoms with E-state index < -0.39 is 31.1 Å². The average Bonchev–Trinajstić information content (AvgIpc) is 3.22. The zero-order chi connectivity index (χ0) is 19.0. The normalized spacial score (nSPS) is 25.1. The molecule has 0 amide bonds. The topological polar surface area (TPSA) is 152 Å². The molecule has 1 aliphatic heterocycles. The van der Waals surface area contributed by atoms with Gasteiger partial charge in [-0.25, -0.2) is 15.0 Å². The third-order valence-electron chi connectivity index (χ3n) is 4.56. The van der Waals surface area contributed by atoms with Gasteiger partial charge in [0.05, 0.1) is 12.9 Å². The van der Waals surface area contributed by atoms with Crippen LogP contribution in [0.1, 0.15) is 11.8 Å². The Hall–Kier alpha value is -2.79. The first-order chi connectivity index (χ1) is 13.1. The van der Waals surface area contributed by atoms with Crippen molar-refractivity contribution in [3.63, 3.8) is 0 Å². The van der Waals surface area contributed by atoms with Crippen LogP contribution in [0.4, 0.5) is 11.5 Å². The standard InChI is InChI=1S/C17H20N6O4/c18-10-3-1-2-9(4-10)5-19-15-12-16(21-7-20-15)23(8-22-12)17-14(26)13(25)11(6-24)27-17/h1-4,7-8,11,13-14,17,24-26H,5-6,18H2,(H,19,20,21)/t11-,13+,14?,17-/m1/s1. The lowest BCUT2D eigenvalue weighted by Crippen LogP contribution is -2.33. The first kappa shape index (κ1) is 17.6. The van der Waals surface area contributed by atoms with Crippen molar-refractivity contribution in [2.45, 2.75) is 31.1 Å². The monoisotopic (exact) mass is 372 g/mol. The van der Waals surface area contributed by atoms with Gasteiger partial charge in [0, 0.05) is 12.2 Å². The van der Waals surface area contributed by atoms with Crippen LogP contribution in [-0.4, -0.2) is 59.8 Å². The van der Waals surface area contributed by atoms with Crippen LogP contribution >= 0.6 is 0 Å². The van der Waals surface area contributed by atoms with E-state index in [2.05, 4.69) is 20.3 Å². The lowest BCUT2D eigenvalue weighted by molar-refractivity contribution is -0.0511. The second-order valence-corrected chi connectivity index (χ2v) is 6.37. The Balaban J connectivity index is 1.60. The average molecular weight is 372 g/mol. The van der Waals surface area contributed by atoms with Crippen molar-refractivity contribution in [3.8, 4) is 0 Å². The molecule has 1 aliphatic rings. The van der Waals surface area contributed by atoms with Gasteiger partial charge in [0.25, 0.3) is 0 Å². The zero-order valence-corrected chi connectivity index (χ0v) is 14.3. The molecule has 0 spiro atoms. The summed E-state index contributed by atoms with van der Waals surface area (Å²) in [6.45, 7) is 0.0984. The number of aromatic nitrogens is 4. The number of ether oxygens (including phenoxy) is 1. The van der Waals surface area contributed by atoms with Crippen molar-refractivity contribution >= 4 is 22.7 Å². The van der Waals surface area contributed by atoms with Crippen LogP contribution in [0, 0.1) is 0 Å². The number of fused-ring (bicyclic) bond motifs is 1. The summed E-state index contributed by atoms with van der Waals surface area (Å²) in [7, 11) is 0. The van der Waals surface area contributed by atoms with Gasteiger partial charge in [0.15, 0.2) is 23.2 Å². The van der Waals surface area contributed by atoms with Gasteiger partial charge >= 0.3 is 0 Å². The zero-order valence-electron chi connectivity index (χ0n) is 14.3. The predicted molar refractivity (Wildman–Crippen MR) is 96.5 cm³/mol. The molecule has 27 heavy (non-hydrogen) atoms. The van der Waals surface area contributed by atoms with Gasteiger partial charge < -0.3 is 31.1 Å². The molecule has 2 aromatic heterocycles. The van der Waals surface area contributed by atoms with Gasteiger partial charge in [-0.1, -0.05) is 12.1 Å². The molecule has 1 fully saturated rings. The molecule has 6 N–H and O–H groups in total. The van der Waals surface area contributed by atoms with Crippen LogP contribution in [0.3, 0.4) is 0 Å². The van der Waals surface area contributed by atoms with Gasteiger partial charge in [-0.2, -0.15) is 0 Å². The number of nitrogen functional groups attached to an aromatic ring is 1. The molecule has 10 heteroatoms. The van der Waals surface area contributed by atoms with E-state index in [4.69, 9.17) is 10.5 Å². The quantitative estimate of drug-likeness (QED) is 0.378. The smallest absolute Gasteiger partial charge is 0.167 e. The molecule has 10 nitrogen and oxygen atoms in total. The van der Waals surface area contributed by atoms with Crippen LogP contribution in [0.5, 0.6) is 0 Å². The third-order valence-corrected chi connectivity index (χ3v) is 4.56. The van der Waals surface area contributed by atoms with Crippen LogP contribution in [0.15, 0.2) is 36.9 Å². The van der Waals surface area contributed by atoms with Crippen molar-refractivity contribution in [2.75, 3.05) is 17.7 Å². The summed E-state index contributed by atoms with van der Waals surface area (Å²) in [5.74, 6) is 0.521. The highest BCUT2D eigenvalue weighted by molar-refractivity contribution is 5.82. The predicted octanol–water partition coefficient (Wildman–Crippen LogP) is -0.368. The number of rotatable bonds is 5. The molecule has 1 unspecified atom stereocenters. The van der Waals surface area contributed by atoms with E-state index >= 15 is 0 Å². The summed E-state index contributed by atoms with van der Waals surface area (Å²) in [6, 6.07) is 7.50. The second-order valence-electron chi connectivity index (χ2n) is 6.37. The van der Waals surface area contributed by atoms with Gasteiger partial charge in [0.2, 0.25) is 0 Å². The summed E-state index contributed by atoms with van der Waals surface area (Å²) in [5, 5.41) is 32.7. The van der Waals surface area contributed by atoms with E-state index in [1.165, 1.54) is 17.2 Å². The molecule has 0 saturated carbocycles. The molecule has 0 radical (unpaired) electrons. The number of hydrogen-bond acceptors (Lipinski definition) is 9. The van der Waals surface area contributed by atoms with Gasteiger partial charge in [0.1, 0.15) is 24.6 Å². The summed E-state index contributed by atoms with van der Waals surface area (Å²) >= 11 is 0. The summed E-state index contributed by atoms with van der Waals surface area (Å²) in [6.07, 6.45) is -1.34. The molecular formula is C17H20N6O4. The highest BCUT2D eigenvalue weighted by Crippen LogP contribution is 2.32. The van der Waals surface area contributed by atoms with Gasteiger partial charge in [-0.3, -0.25) is 4.57 Å². The van der Waals surface area contributed by atoms with E-state index in [-0.39, 0.29) is 0 Å². The number of anilines is 2. The highest BCUT2D eigenvalue weighted by atomic mass is 16.6. The third kappa shape index (κ3) is 3.19. The molecule has 1 saturated heterocycles. The van der Waals surface area contributed by atoms with Gasteiger partial charge in [-0.15, -0.1) is 0 Å². The number of nitrogens with one attached hydrogen (secondary N) is 1. The van der Waals surface area contributed by atoms with Crippen LogP contribution in [0.25, 0.3) is 11.2 Å². The fraction of sp³-hybridized carbons (Fsp3) is 0.353. The number of benzene rings is 1. The molecule has 1 aromatic carbocycles. The molecular weight excluding hydrogens is 352 g/mol. The lowest BCUT2D eigenvalue weighted by Gasteiger charge is -2.16. The largest absolute Gasteiger partial charge is 0.399 e. The van der Waals surface area contributed by atoms with Crippen molar-refractivity contribution in [3.05, 3.63) is 42.5 Å². The number of nitrogens with zero attached hydrogens (tertiary/aromatic N) is 4. The van der Waals surface area contributed by atoms with Crippen molar-refractivity contribution in [2.24, 2.45) is 0 Å². The summed E-state index contributed by atoms with van der Waals surface area (Å²) < 4.78 is 7.07. The first-order valence-electron chi connectivity index (χ1n) is 8.46. The van der Waals surface area contributed by atoms with Gasteiger partial charge in [-0.05, 0) is 17.7 Å². The van der Waals surface area contributed by atoms with E-state index in [1.54, 1.807) is 0 Å². The number of imidazole rings is 1. The molecule has 4 rings (SSSR count). The van der Waals surface area contributed by atoms with Crippen LogP contribution in [0.2, 0.25) is 0 Å². The van der Waals surface area contributed by atoms with Crippen molar-refractivity contribution in [1.29, 1.82) is 0 Å². The number of aliphatic hydroxyl groups is 3. The number of aliphatic hydroxyl groups excluding tert-OH is 3. The molecule has 4 atom stereocenters. The maximum Gasteiger partial charge on any atom is 0.167 e. The highest BCUT2D eigenvalue weighted by Gasteiger charge is 2.44. The first-order valence-corrected chi connectivity index (χ1v) is 8.46. The fourth-order valence-corrected chi connectivity index (χ4v) is 3.17. The minimum atomic E-state index is -1.21. The van der Waals surface area contributed by atoms with E-state index in [1.807, 2.05) is 24.3 Å². The Morgan fingerprint density at radius 2 is 2.04 bits per heavy atom. The van der Waals surface area contributed by atoms with Crippen molar-refractivity contribution in [1.82, 2.24) is 19.5 Å². The maximum atomic E-state index is 10.2. The second kappa shape index (κ2) is 7.08. The Labute approximate surface area is 154 Å². The Morgan fingerprint density at radius 1 is 1.19 bits per heavy atom. The molecule has 0 aliphatic carbocycles. The molecule has 142 valence electrons. The van der Waals surface area contributed by atoms with Crippen LogP contribution in [-0.2, 0) is 11.3 Å². The van der Waals surface area contributed by atoms with Crippen LogP contribution < -0.4 is 11.1 Å². The minimum Gasteiger partial charge on any atom is -0.399 e. The van der Waals surface area contributed by atoms with Crippen molar-refractivity contribution < 1.29 is 20.1 Å². The lowest BCUT2D eigenvalue weighted by atomic mass is 10.1. The Morgan fingerprint density at radius 3 is 2.78 bits per heavy atom. The molecule has 0 bridgehead atoms. The molecule has 3 aromatic rings. The Bertz CT molecular complexity index is 948. The minimum absolute atomic E-state index is 0.399. The number of nitrogens with two attached hydrogens (primary N) is 1. The van der Waals surface area contributed by atoms with E-state index in [0.717, 1.165) is 5.56 Å². The fourth-order valence-electron chi connectivity index (χ4n) is 3.17. The number of hydrogen-bond donors (Lipinski definition) is 5. The maximum absolute atomic E-state index is 10.2.